The molecule has 2 heterocycles. The second-order valence-electron chi connectivity index (χ2n) is 4.83. The summed E-state index contributed by atoms with van der Waals surface area (Å²) < 4.78 is 0. The van der Waals surface area contributed by atoms with E-state index >= 15 is 0 Å². The van der Waals surface area contributed by atoms with Gasteiger partial charge in [0.15, 0.2) is 5.13 Å². The van der Waals surface area contributed by atoms with Crippen molar-refractivity contribution in [3.63, 3.8) is 0 Å². The van der Waals surface area contributed by atoms with E-state index in [4.69, 9.17) is 5.73 Å². The van der Waals surface area contributed by atoms with E-state index < -0.39 is 17.9 Å². The van der Waals surface area contributed by atoms with Crippen LogP contribution in [-0.2, 0) is 17.8 Å². The number of nitrogen functional groups attached to an aromatic ring is 1. The van der Waals surface area contributed by atoms with E-state index in [0.29, 0.717) is 11.6 Å². The first kappa shape index (κ1) is 13.6. The fourth-order valence-electron chi connectivity index (χ4n) is 2.49. The number of thiazole rings is 1. The zero-order valence-corrected chi connectivity index (χ0v) is 11.8. The van der Waals surface area contributed by atoms with Crippen molar-refractivity contribution in [3.8, 4) is 0 Å². The average molecular weight is 303 g/mol. The van der Waals surface area contributed by atoms with E-state index in [1.807, 2.05) is 24.3 Å². The lowest BCUT2D eigenvalue weighted by Crippen LogP contribution is -2.48. The van der Waals surface area contributed by atoms with Crippen molar-refractivity contribution in [2.24, 2.45) is 0 Å². The Balaban J connectivity index is 1.96. The monoisotopic (exact) mass is 303 g/mol. The molecule has 0 saturated heterocycles. The predicted molar refractivity (Wildman–Crippen MR) is 78.0 cm³/mol. The summed E-state index contributed by atoms with van der Waals surface area (Å²) in [6, 6.07) is 6.67. The minimum atomic E-state index is -1.01. The summed E-state index contributed by atoms with van der Waals surface area (Å²) in [4.78, 5) is 29.3. The van der Waals surface area contributed by atoms with Crippen molar-refractivity contribution in [1.29, 1.82) is 0 Å². The van der Waals surface area contributed by atoms with Crippen LogP contribution in [0, 0.1) is 0 Å². The van der Waals surface area contributed by atoms with Crippen LogP contribution in [0.4, 0.5) is 5.13 Å². The van der Waals surface area contributed by atoms with Gasteiger partial charge in [0.05, 0.1) is 0 Å². The van der Waals surface area contributed by atoms with Gasteiger partial charge in [0, 0.05) is 18.3 Å². The molecule has 1 aliphatic heterocycles. The third-order valence-corrected chi connectivity index (χ3v) is 4.21. The van der Waals surface area contributed by atoms with Crippen LogP contribution >= 0.6 is 11.3 Å². The number of hydrogen-bond donors (Lipinski definition) is 2. The number of nitrogens with zero attached hydrogens (tertiary/aromatic N) is 2. The van der Waals surface area contributed by atoms with Crippen molar-refractivity contribution < 1.29 is 14.7 Å². The lowest BCUT2D eigenvalue weighted by Gasteiger charge is -2.34. The largest absolute Gasteiger partial charge is 0.480 e. The molecule has 1 aromatic heterocycles. The zero-order chi connectivity index (χ0) is 15.0. The van der Waals surface area contributed by atoms with Gasteiger partial charge >= 0.3 is 5.97 Å². The molecule has 2 aromatic rings. The van der Waals surface area contributed by atoms with E-state index in [2.05, 4.69) is 4.98 Å². The second kappa shape index (κ2) is 5.17. The molecule has 3 N–H and O–H groups in total. The van der Waals surface area contributed by atoms with Crippen LogP contribution in [0.25, 0.3) is 0 Å². The Labute approximate surface area is 124 Å². The van der Waals surface area contributed by atoms with E-state index in [1.54, 1.807) is 5.38 Å². The molecule has 1 aliphatic rings. The first-order valence-electron chi connectivity index (χ1n) is 6.38. The number of fused-ring (bicyclic) bond motifs is 1. The number of aromatic nitrogens is 1. The molecule has 0 saturated carbocycles. The highest BCUT2D eigenvalue weighted by Crippen LogP contribution is 2.25. The molecule has 21 heavy (non-hydrogen) atoms. The zero-order valence-electron chi connectivity index (χ0n) is 11.0. The number of carboxylic acid groups (broad SMARTS) is 1. The van der Waals surface area contributed by atoms with Gasteiger partial charge in [-0.3, -0.25) is 4.79 Å². The van der Waals surface area contributed by atoms with Crippen LogP contribution in [0.1, 0.15) is 21.6 Å². The second-order valence-corrected chi connectivity index (χ2v) is 5.72. The Hall–Kier alpha value is -2.41. The van der Waals surface area contributed by atoms with Crippen molar-refractivity contribution >= 4 is 28.3 Å². The van der Waals surface area contributed by atoms with Crippen molar-refractivity contribution in [2.45, 2.75) is 19.0 Å². The van der Waals surface area contributed by atoms with E-state index in [-0.39, 0.29) is 12.2 Å². The van der Waals surface area contributed by atoms with Crippen LogP contribution in [0.2, 0.25) is 0 Å². The Morgan fingerprint density at radius 1 is 1.33 bits per heavy atom. The van der Waals surface area contributed by atoms with Gasteiger partial charge in [-0.25, -0.2) is 9.78 Å². The van der Waals surface area contributed by atoms with Crippen LogP contribution in [0.3, 0.4) is 0 Å². The van der Waals surface area contributed by atoms with Crippen LogP contribution in [-0.4, -0.2) is 32.9 Å². The van der Waals surface area contributed by atoms with Crippen molar-refractivity contribution in [3.05, 3.63) is 46.5 Å². The Morgan fingerprint density at radius 3 is 2.67 bits per heavy atom. The summed E-state index contributed by atoms with van der Waals surface area (Å²) in [7, 11) is 0. The first-order valence-corrected chi connectivity index (χ1v) is 7.26. The maximum Gasteiger partial charge on any atom is 0.326 e. The number of benzene rings is 1. The Bertz CT molecular complexity index is 713. The smallest absolute Gasteiger partial charge is 0.326 e. The summed E-state index contributed by atoms with van der Waals surface area (Å²) in [5, 5.41) is 11.2. The van der Waals surface area contributed by atoms with E-state index in [9.17, 15) is 14.7 Å². The lowest BCUT2D eigenvalue weighted by atomic mass is 9.94. The normalized spacial score (nSPS) is 17.3. The van der Waals surface area contributed by atoms with Gasteiger partial charge in [0.1, 0.15) is 11.7 Å². The molecule has 1 atom stereocenters. The molecule has 0 spiro atoms. The van der Waals surface area contributed by atoms with Crippen LogP contribution in [0.5, 0.6) is 0 Å². The molecular weight excluding hydrogens is 290 g/mol. The highest BCUT2D eigenvalue weighted by Gasteiger charge is 2.35. The number of carboxylic acids is 1. The molecule has 108 valence electrons. The average Bonchev–Trinajstić information content (AvgIpc) is 2.91. The van der Waals surface area contributed by atoms with Crippen molar-refractivity contribution in [2.75, 3.05) is 5.73 Å². The molecule has 6 nitrogen and oxygen atoms in total. The minimum absolute atomic E-state index is 0.197. The Kier molecular flexibility index (Phi) is 3.34. The number of carbonyl (C=O) groups is 2. The molecule has 0 bridgehead atoms. The van der Waals surface area contributed by atoms with Crippen molar-refractivity contribution in [1.82, 2.24) is 9.88 Å². The topological polar surface area (TPSA) is 96.5 Å². The molecule has 0 aliphatic carbocycles. The maximum absolute atomic E-state index is 12.5. The number of anilines is 1. The molecule has 0 unspecified atom stereocenters. The number of nitrogens with two attached hydrogens (primary N) is 1. The molecule has 3 rings (SSSR count). The van der Waals surface area contributed by atoms with Gasteiger partial charge < -0.3 is 15.7 Å². The number of aliphatic carboxylic acids is 1. The summed E-state index contributed by atoms with van der Waals surface area (Å²) >= 11 is 1.16. The third kappa shape index (κ3) is 2.47. The van der Waals surface area contributed by atoms with Gasteiger partial charge in [-0.2, -0.15) is 0 Å². The lowest BCUT2D eigenvalue weighted by molar-refractivity contribution is -0.142. The number of amides is 1. The van der Waals surface area contributed by atoms with Gasteiger partial charge in [0.25, 0.3) is 5.91 Å². The van der Waals surface area contributed by atoms with E-state index in [1.165, 1.54) is 4.90 Å². The molecular formula is C14H13N3O3S. The van der Waals surface area contributed by atoms with Gasteiger partial charge in [-0.1, -0.05) is 24.3 Å². The first-order chi connectivity index (χ1) is 10.1. The summed E-state index contributed by atoms with van der Waals surface area (Å²) in [6.07, 6.45) is 0.302. The van der Waals surface area contributed by atoms with Gasteiger partial charge in [-0.05, 0) is 11.1 Å². The summed E-state index contributed by atoms with van der Waals surface area (Å²) in [5.74, 6) is -1.41. The quantitative estimate of drug-likeness (QED) is 0.873. The van der Waals surface area contributed by atoms with Gasteiger partial charge in [-0.15, -0.1) is 11.3 Å². The highest BCUT2D eigenvalue weighted by molar-refractivity contribution is 7.13. The third-order valence-electron chi connectivity index (χ3n) is 3.54. The summed E-state index contributed by atoms with van der Waals surface area (Å²) in [6.45, 7) is 0.267. The summed E-state index contributed by atoms with van der Waals surface area (Å²) in [5.41, 5.74) is 7.66. The maximum atomic E-state index is 12.5. The van der Waals surface area contributed by atoms with Crippen LogP contribution < -0.4 is 5.73 Å². The Morgan fingerprint density at radius 2 is 2.05 bits per heavy atom. The fourth-order valence-corrected chi connectivity index (χ4v) is 3.03. The molecule has 0 fully saturated rings. The fraction of sp³-hybridized carbons (Fsp3) is 0.214. The standard InChI is InChI=1S/C14H13N3O3S/c15-14-16-10(7-21-14)12(18)17-6-9-4-2-1-3-8(9)5-11(17)13(19)20/h1-4,7,11H,5-6H2,(H2,15,16)(H,19,20)/t11-/m0/s1. The van der Waals surface area contributed by atoms with Crippen LogP contribution in [0.15, 0.2) is 29.6 Å². The molecule has 1 aromatic carbocycles. The van der Waals surface area contributed by atoms with E-state index in [0.717, 1.165) is 22.5 Å². The number of hydrogen-bond acceptors (Lipinski definition) is 5. The SMILES string of the molecule is Nc1nc(C(=O)N2Cc3ccccc3C[C@H]2C(=O)O)cs1. The number of rotatable bonds is 2. The highest BCUT2D eigenvalue weighted by atomic mass is 32.1. The molecule has 7 heteroatoms. The van der Waals surface area contributed by atoms with Gasteiger partial charge in [0.2, 0.25) is 0 Å². The number of carbonyl (C=O) groups excluding carboxylic acids is 1. The predicted octanol–water partition coefficient (Wildman–Crippen LogP) is 1.38. The molecule has 0 radical (unpaired) electrons. The molecule has 1 amide bonds. The minimum Gasteiger partial charge on any atom is -0.480 e.